The van der Waals surface area contributed by atoms with Crippen LogP contribution in [0.2, 0.25) is 0 Å². The molecule has 1 unspecified atom stereocenters. The van der Waals surface area contributed by atoms with E-state index in [4.69, 9.17) is 10.1 Å². The third-order valence-corrected chi connectivity index (χ3v) is 6.85. The number of aryl methyl sites for hydroxylation is 1. The van der Waals surface area contributed by atoms with Crippen LogP contribution in [-0.2, 0) is 10.5 Å². The average Bonchev–Trinajstić information content (AvgIpc) is 2.78. The highest BCUT2D eigenvalue weighted by Crippen LogP contribution is 2.34. The fourth-order valence-electron chi connectivity index (χ4n) is 3.62. The zero-order valence-electron chi connectivity index (χ0n) is 16.7. The van der Waals surface area contributed by atoms with Crippen molar-refractivity contribution >= 4 is 44.5 Å². The number of hydrogen-bond acceptors (Lipinski definition) is 5. The van der Waals surface area contributed by atoms with Crippen molar-refractivity contribution in [2.24, 2.45) is 10.1 Å². The molecule has 31 heavy (non-hydrogen) atoms. The molecule has 0 fully saturated rings. The van der Waals surface area contributed by atoms with Gasteiger partial charge in [0.2, 0.25) is 0 Å². The lowest BCUT2D eigenvalue weighted by atomic mass is 10.1. The van der Waals surface area contributed by atoms with Crippen LogP contribution in [0.15, 0.2) is 87.4 Å². The van der Waals surface area contributed by atoms with Gasteiger partial charge in [0.25, 0.3) is 5.91 Å². The average molecular weight is 491 g/mol. The number of halogens is 1. The van der Waals surface area contributed by atoms with E-state index in [9.17, 15) is 4.79 Å². The standard InChI is InChI=1S/C24H19BrN4OS/c1-15-10-12-16(13-11-15)14-31-24-27-23(30)21-18-7-3-5-9-20(18)26-22(29(21)28-24)17-6-2-4-8-19(17)25/h2-13,22H,14H2,1H3,(H,27,28,30). The van der Waals surface area contributed by atoms with Crippen LogP contribution in [0.1, 0.15) is 22.9 Å². The largest absolute Gasteiger partial charge is 0.298 e. The van der Waals surface area contributed by atoms with E-state index in [-0.39, 0.29) is 5.91 Å². The molecule has 0 bridgehead atoms. The molecule has 1 N–H and O–H groups in total. The Bertz CT molecular complexity index is 1320. The predicted octanol–water partition coefficient (Wildman–Crippen LogP) is 3.83. The maximum Gasteiger partial charge on any atom is 0.276 e. The van der Waals surface area contributed by atoms with Crippen LogP contribution in [0.25, 0.3) is 5.70 Å². The monoisotopic (exact) mass is 490 g/mol. The van der Waals surface area contributed by atoms with Gasteiger partial charge in [0.1, 0.15) is 5.70 Å². The van der Waals surface area contributed by atoms with E-state index in [0.29, 0.717) is 10.9 Å². The van der Waals surface area contributed by atoms with Crippen LogP contribution in [0.5, 0.6) is 0 Å². The first-order valence-electron chi connectivity index (χ1n) is 9.89. The maximum atomic E-state index is 13.2. The molecule has 1 amide bonds. The molecule has 0 radical (unpaired) electrons. The normalized spacial score (nSPS) is 17.3. The number of hydrogen-bond donors (Lipinski definition) is 1. The molecule has 0 aliphatic carbocycles. The van der Waals surface area contributed by atoms with E-state index in [1.807, 2.05) is 48.5 Å². The van der Waals surface area contributed by atoms with Crippen molar-refractivity contribution < 1.29 is 4.79 Å². The zero-order valence-corrected chi connectivity index (χ0v) is 19.2. The number of rotatable bonds is 3. The van der Waals surface area contributed by atoms with Gasteiger partial charge >= 0.3 is 0 Å². The molecule has 2 aliphatic rings. The Morgan fingerprint density at radius 1 is 1.03 bits per heavy atom. The molecule has 7 heteroatoms. The summed E-state index contributed by atoms with van der Waals surface area (Å²) in [7, 11) is 0. The smallest absolute Gasteiger partial charge is 0.276 e. The number of amidine groups is 1. The lowest BCUT2D eigenvalue weighted by Crippen LogP contribution is -2.50. The van der Waals surface area contributed by atoms with Crippen LogP contribution in [0.4, 0.5) is 0 Å². The van der Waals surface area contributed by atoms with Gasteiger partial charge in [-0.15, -0.1) is 5.10 Å². The molecule has 5 rings (SSSR count). The summed E-state index contributed by atoms with van der Waals surface area (Å²) in [6, 6.07) is 24.0. The van der Waals surface area contributed by atoms with Crippen LogP contribution < -0.4 is 15.9 Å². The topological polar surface area (TPSA) is 57.1 Å². The number of hydrazone groups is 1. The number of thioether (sulfide) groups is 1. The minimum atomic E-state index is -0.429. The minimum Gasteiger partial charge on any atom is -0.298 e. The fraction of sp³-hybridized carbons (Fsp3) is 0.125. The quantitative estimate of drug-likeness (QED) is 0.606. The summed E-state index contributed by atoms with van der Waals surface area (Å²) in [6.07, 6.45) is -0.429. The minimum absolute atomic E-state index is 0.166. The Labute approximate surface area is 192 Å². The van der Waals surface area contributed by atoms with Gasteiger partial charge < -0.3 is 0 Å². The molecule has 0 spiro atoms. The van der Waals surface area contributed by atoms with Crippen molar-refractivity contribution in [3.8, 4) is 0 Å². The van der Waals surface area contributed by atoms with Gasteiger partial charge in [0.05, 0.1) is 5.36 Å². The van der Waals surface area contributed by atoms with Gasteiger partial charge in [-0.25, -0.2) is 5.01 Å². The molecule has 2 heterocycles. The first-order valence-corrected chi connectivity index (χ1v) is 11.7. The Morgan fingerprint density at radius 2 is 1.77 bits per heavy atom. The van der Waals surface area contributed by atoms with Crippen molar-refractivity contribution in [2.45, 2.75) is 18.8 Å². The number of benzene rings is 3. The summed E-state index contributed by atoms with van der Waals surface area (Å²) in [5.41, 5.74) is 3.88. The zero-order chi connectivity index (χ0) is 21.4. The van der Waals surface area contributed by atoms with Gasteiger partial charge in [0, 0.05) is 21.0 Å². The number of amides is 1. The summed E-state index contributed by atoms with van der Waals surface area (Å²) >= 11 is 5.14. The summed E-state index contributed by atoms with van der Waals surface area (Å²) in [4.78, 5) is 18.1. The van der Waals surface area contributed by atoms with Gasteiger partial charge in [-0.3, -0.25) is 15.1 Å². The molecule has 0 saturated heterocycles. The Hall–Kier alpha value is -2.90. The van der Waals surface area contributed by atoms with Crippen LogP contribution in [0, 0.1) is 6.92 Å². The second-order valence-corrected chi connectivity index (χ2v) is 9.19. The molecule has 0 aromatic heterocycles. The van der Waals surface area contributed by atoms with Crippen LogP contribution >= 0.6 is 27.7 Å². The summed E-state index contributed by atoms with van der Waals surface area (Å²) < 4.78 is 0.928. The lowest BCUT2D eigenvalue weighted by molar-refractivity contribution is -0.116. The van der Waals surface area contributed by atoms with Gasteiger partial charge in [-0.2, -0.15) is 0 Å². The van der Waals surface area contributed by atoms with Gasteiger partial charge in [-0.1, -0.05) is 93.9 Å². The third kappa shape index (κ3) is 3.91. The molecule has 0 saturated carbocycles. The van der Waals surface area contributed by atoms with E-state index in [1.165, 1.54) is 22.9 Å². The SMILES string of the molecule is Cc1ccc(CSC2=NN3C(=c4ccccc4=NC3c3ccccc3Br)C(=O)N2)cc1. The second-order valence-electron chi connectivity index (χ2n) is 7.37. The summed E-state index contributed by atoms with van der Waals surface area (Å²) in [5, 5.41) is 11.7. The summed E-state index contributed by atoms with van der Waals surface area (Å²) in [5.74, 6) is 0.552. The van der Waals surface area contributed by atoms with Crippen molar-refractivity contribution in [3.05, 3.63) is 105 Å². The fourth-order valence-corrected chi connectivity index (χ4v) is 4.91. The lowest BCUT2D eigenvalue weighted by Gasteiger charge is -2.34. The Balaban J connectivity index is 1.56. The number of nitrogens with zero attached hydrogens (tertiary/aromatic N) is 3. The molecule has 1 atom stereocenters. The number of carbonyl (C=O) groups is 1. The molecule has 3 aromatic carbocycles. The highest BCUT2D eigenvalue weighted by Gasteiger charge is 2.35. The highest BCUT2D eigenvalue weighted by molar-refractivity contribution is 9.10. The second kappa shape index (κ2) is 8.32. The van der Waals surface area contributed by atoms with Gasteiger partial charge in [-0.05, 0) is 24.6 Å². The van der Waals surface area contributed by atoms with E-state index < -0.39 is 6.17 Å². The van der Waals surface area contributed by atoms with Gasteiger partial charge in [0.15, 0.2) is 11.3 Å². The molecular weight excluding hydrogens is 472 g/mol. The van der Waals surface area contributed by atoms with Crippen LogP contribution in [-0.4, -0.2) is 16.1 Å². The highest BCUT2D eigenvalue weighted by atomic mass is 79.9. The van der Waals surface area contributed by atoms with Crippen LogP contribution in [0.3, 0.4) is 0 Å². The first kappa shape index (κ1) is 20.0. The van der Waals surface area contributed by atoms with Crippen molar-refractivity contribution in [2.75, 3.05) is 0 Å². The third-order valence-electron chi connectivity index (χ3n) is 5.19. The van der Waals surface area contributed by atoms with E-state index in [0.717, 1.165) is 26.4 Å². The number of carbonyl (C=O) groups excluding carboxylic acids is 1. The maximum absolute atomic E-state index is 13.2. The van der Waals surface area contributed by atoms with E-state index >= 15 is 0 Å². The summed E-state index contributed by atoms with van der Waals surface area (Å²) in [6.45, 7) is 2.07. The van der Waals surface area contributed by atoms with Crippen molar-refractivity contribution in [1.29, 1.82) is 0 Å². The molecule has 154 valence electrons. The van der Waals surface area contributed by atoms with Crippen molar-refractivity contribution in [3.63, 3.8) is 0 Å². The Morgan fingerprint density at radius 3 is 2.58 bits per heavy atom. The number of nitrogens with one attached hydrogen (secondary N) is 1. The van der Waals surface area contributed by atoms with E-state index in [2.05, 4.69) is 52.4 Å². The molecule has 2 aliphatic heterocycles. The molecule has 5 nitrogen and oxygen atoms in total. The van der Waals surface area contributed by atoms with E-state index in [1.54, 1.807) is 5.01 Å². The molecular formula is C24H19BrN4OS. The van der Waals surface area contributed by atoms with Crippen molar-refractivity contribution in [1.82, 2.24) is 10.3 Å². The molecule has 3 aromatic rings. The number of para-hydroxylation sites is 1. The predicted molar refractivity (Wildman–Crippen MR) is 127 cm³/mol. The Kier molecular flexibility index (Phi) is 5.38. The first-order chi connectivity index (χ1) is 15.1. The number of fused-ring (bicyclic) bond motifs is 2.